The number of hydrogen-bond acceptors (Lipinski definition) is 3. The summed E-state index contributed by atoms with van der Waals surface area (Å²) in [6.07, 6.45) is 0. The first-order chi connectivity index (χ1) is 14.6. The zero-order chi connectivity index (χ0) is 22.9. The van der Waals surface area contributed by atoms with Crippen LogP contribution in [0.15, 0.2) is 41.9 Å². The van der Waals surface area contributed by atoms with Crippen molar-refractivity contribution in [2.24, 2.45) is 0 Å². The Hall–Kier alpha value is -1.47. The van der Waals surface area contributed by atoms with Crippen LogP contribution in [0, 0.1) is 0 Å². The van der Waals surface area contributed by atoms with E-state index in [0.29, 0.717) is 23.7 Å². The van der Waals surface area contributed by atoms with Crippen molar-refractivity contribution in [3.8, 4) is 5.69 Å². The van der Waals surface area contributed by atoms with Gasteiger partial charge in [0, 0.05) is 29.0 Å². The monoisotopic (exact) mass is 563 g/mol. The molecule has 0 bridgehead atoms. The molecule has 3 nitrogen and oxygen atoms in total. The fourth-order valence-corrected chi connectivity index (χ4v) is 4.99. The average molecular weight is 564 g/mol. The smallest absolute Gasteiger partial charge is 0.262 e. The lowest BCUT2D eigenvalue weighted by Crippen LogP contribution is -3.00. The van der Waals surface area contributed by atoms with Gasteiger partial charge in [0.15, 0.2) is 0 Å². The normalized spacial score (nSPS) is 11.5. The lowest BCUT2D eigenvalue weighted by molar-refractivity contribution is -0.654. The van der Waals surface area contributed by atoms with Gasteiger partial charge in [0.25, 0.3) is 10.6 Å². The molecular weight excluding hydrogens is 525 g/mol. The molecule has 32 heavy (non-hydrogen) atoms. The van der Waals surface area contributed by atoms with Crippen molar-refractivity contribution in [2.75, 3.05) is 11.9 Å². The Morgan fingerprint density at radius 3 is 1.53 bits per heavy atom. The van der Waals surface area contributed by atoms with Crippen LogP contribution in [0.3, 0.4) is 0 Å². The summed E-state index contributed by atoms with van der Waals surface area (Å²) < 4.78 is 2.11. The molecule has 0 atom stereocenters. The lowest BCUT2D eigenvalue weighted by Gasteiger charge is -2.25. The third-order valence-corrected chi connectivity index (χ3v) is 6.86. The summed E-state index contributed by atoms with van der Waals surface area (Å²) in [6.45, 7) is 18.1. The standard InChI is InChI=1S/C27H38N3S.HI/c1-17(2)21-12-10-13-22(18(3)4)25(21)29(9)27-28-30(16-31-27)26-23(19(5)6)14-11-15-24(26)20(7)8;/h10-20H,1-9H3;1H/q+1;/p-1. The molecule has 0 N–H and O–H groups in total. The summed E-state index contributed by atoms with van der Waals surface area (Å²) in [4.78, 5) is 2.29. The minimum atomic E-state index is 0. The van der Waals surface area contributed by atoms with Gasteiger partial charge in [-0.15, -0.1) is 0 Å². The van der Waals surface area contributed by atoms with Gasteiger partial charge in [-0.2, -0.15) is 0 Å². The number of anilines is 2. The fourth-order valence-electron chi connectivity index (χ4n) is 4.26. The lowest BCUT2D eigenvalue weighted by atomic mass is 9.92. The van der Waals surface area contributed by atoms with Crippen molar-refractivity contribution in [3.63, 3.8) is 0 Å². The maximum Gasteiger partial charge on any atom is 0.262 e. The molecule has 0 aliphatic rings. The second-order valence-electron chi connectivity index (χ2n) is 9.70. The molecule has 0 aliphatic heterocycles. The molecular formula is C27H38IN3S. The fraction of sp³-hybridized carbons (Fsp3) is 0.481. The van der Waals surface area contributed by atoms with E-state index in [1.54, 1.807) is 11.3 Å². The van der Waals surface area contributed by atoms with Crippen LogP contribution < -0.4 is 33.6 Å². The number of hydrogen-bond donors (Lipinski definition) is 0. The van der Waals surface area contributed by atoms with Gasteiger partial charge in [0.05, 0.1) is 0 Å². The summed E-state index contributed by atoms with van der Waals surface area (Å²) >= 11 is 1.71. The van der Waals surface area contributed by atoms with Crippen LogP contribution in [-0.4, -0.2) is 12.1 Å². The first-order valence-corrected chi connectivity index (χ1v) is 12.4. The zero-order valence-electron chi connectivity index (χ0n) is 21.0. The van der Waals surface area contributed by atoms with Gasteiger partial charge < -0.3 is 28.9 Å². The number of nitrogens with zero attached hydrogens (tertiary/aromatic N) is 3. The topological polar surface area (TPSA) is 20.0 Å². The Kier molecular flexibility index (Phi) is 9.29. The van der Waals surface area contributed by atoms with Crippen molar-refractivity contribution in [1.82, 2.24) is 5.10 Å². The summed E-state index contributed by atoms with van der Waals surface area (Å²) in [5, 5.41) is 6.12. The molecule has 0 aliphatic carbocycles. The molecule has 0 radical (unpaired) electrons. The number of aromatic nitrogens is 2. The van der Waals surface area contributed by atoms with Crippen LogP contribution >= 0.6 is 11.3 Å². The van der Waals surface area contributed by atoms with Crippen LogP contribution in [0.2, 0.25) is 0 Å². The Bertz CT molecular complexity index is 985. The van der Waals surface area contributed by atoms with Gasteiger partial charge in [-0.05, 0) is 50.8 Å². The Morgan fingerprint density at radius 1 is 0.719 bits per heavy atom. The quantitative estimate of drug-likeness (QED) is 0.307. The van der Waals surface area contributed by atoms with Gasteiger partial charge >= 0.3 is 0 Å². The van der Waals surface area contributed by atoms with E-state index in [1.165, 1.54) is 33.6 Å². The molecule has 0 spiro atoms. The van der Waals surface area contributed by atoms with Crippen LogP contribution in [0.5, 0.6) is 0 Å². The number of rotatable bonds is 7. The minimum Gasteiger partial charge on any atom is -1.00 e. The number of para-hydroxylation sites is 2. The van der Waals surface area contributed by atoms with E-state index in [9.17, 15) is 0 Å². The van der Waals surface area contributed by atoms with Crippen molar-refractivity contribution in [1.29, 1.82) is 0 Å². The van der Waals surface area contributed by atoms with Crippen LogP contribution in [-0.2, 0) is 0 Å². The molecule has 1 heterocycles. The largest absolute Gasteiger partial charge is 1.00 e. The molecule has 174 valence electrons. The predicted molar refractivity (Wildman–Crippen MR) is 135 cm³/mol. The van der Waals surface area contributed by atoms with Gasteiger partial charge in [-0.1, -0.05) is 91.8 Å². The first kappa shape index (κ1) is 26.8. The Morgan fingerprint density at radius 2 is 1.12 bits per heavy atom. The highest BCUT2D eigenvalue weighted by molar-refractivity contribution is 7.13. The zero-order valence-corrected chi connectivity index (χ0v) is 24.0. The summed E-state index contributed by atoms with van der Waals surface area (Å²) in [7, 11) is 2.16. The molecule has 3 aromatic rings. The van der Waals surface area contributed by atoms with Crippen molar-refractivity contribution < 1.29 is 28.7 Å². The van der Waals surface area contributed by atoms with Crippen LogP contribution in [0.25, 0.3) is 5.69 Å². The number of benzene rings is 2. The highest BCUT2D eigenvalue weighted by atomic mass is 127. The van der Waals surface area contributed by atoms with Crippen molar-refractivity contribution in [3.05, 3.63) is 64.2 Å². The minimum absolute atomic E-state index is 0. The van der Waals surface area contributed by atoms with E-state index >= 15 is 0 Å². The summed E-state index contributed by atoms with van der Waals surface area (Å²) in [6, 6.07) is 13.4. The SMILES string of the molecule is CC(C)c1cccc(C(C)C)c1N(C)c1n[n+](-c2c(C(C)C)cccc2C(C)C)cs1.[I-]. The van der Waals surface area contributed by atoms with Gasteiger partial charge in [0.2, 0.25) is 5.69 Å². The molecule has 3 rings (SSSR count). The van der Waals surface area contributed by atoms with E-state index in [4.69, 9.17) is 5.10 Å². The van der Waals surface area contributed by atoms with E-state index in [2.05, 4.69) is 114 Å². The van der Waals surface area contributed by atoms with E-state index in [1.807, 2.05) is 0 Å². The van der Waals surface area contributed by atoms with Gasteiger partial charge in [-0.25, -0.2) is 0 Å². The van der Waals surface area contributed by atoms with Crippen LogP contribution in [0.4, 0.5) is 10.8 Å². The first-order valence-electron chi connectivity index (χ1n) is 11.5. The maximum atomic E-state index is 5.10. The third kappa shape index (κ3) is 5.36. The molecule has 2 aromatic carbocycles. The summed E-state index contributed by atoms with van der Waals surface area (Å²) in [5.74, 6) is 1.80. The van der Waals surface area contributed by atoms with E-state index in [-0.39, 0.29) is 24.0 Å². The van der Waals surface area contributed by atoms with Crippen molar-refractivity contribution in [2.45, 2.75) is 79.1 Å². The summed E-state index contributed by atoms with van der Waals surface area (Å²) in [5.41, 5.74) is 10.1. The predicted octanol–water partition coefficient (Wildman–Crippen LogP) is 4.69. The highest BCUT2D eigenvalue weighted by Gasteiger charge is 2.27. The molecule has 0 unspecified atom stereocenters. The van der Waals surface area contributed by atoms with E-state index in [0.717, 1.165) is 5.13 Å². The molecule has 0 amide bonds. The molecule has 0 saturated carbocycles. The average Bonchev–Trinajstić information content (AvgIpc) is 3.21. The molecule has 0 saturated heterocycles. The molecule has 5 heteroatoms. The van der Waals surface area contributed by atoms with Gasteiger partial charge in [-0.3, -0.25) is 0 Å². The van der Waals surface area contributed by atoms with E-state index < -0.39 is 0 Å². The maximum absolute atomic E-state index is 5.10. The third-order valence-electron chi connectivity index (χ3n) is 5.99. The molecule has 0 fully saturated rings. The highest BCUT2D eigenvalue weighted by Crippen LogP contribution is 2.38. The molecule has 1 aromatic heterocycles. The Labute approximate surface area is 215 Å². The Balaban J connectivity index is 0.00000363. The van der Waals surface area contributed by atoms with Crippen molar-refractivity contribution >= 4 is 22.2 Å². The van der Waals surface area contributed by atoms with Gasteiger partial charge in [0.1, 0.15) is 0 Å². The van der Waals surface area contributed by atoms with Crippen LogP contribution in [0.1, 0.15) is 101 Å². The number of halogens is 1. The second kappa shape index (κ2) is 11.1. The second-order valence-corrected chi connectivity index (χ2v) is 10.5.